The summed E-state index contributed by atoms with van der Waals surface area (Å²) >= 11 is 0. The summed E-state index contributed by atoms with van der Waals surface area (Å²) in [7, 11) is 0. The summed E-state index contributed by atoms with van der Waals surface area (Å²) in [6.07, 6.45) is 3.23. The number of carbonyl (C=O) groups excluding carboxylic acids is 1. The summed E-state index contributed by atoms with van der Waals surface area (Å²) in [6, 6.07) is 5.97. The maximum absolute atomic E-state index is 13.0. The molecule has 4 heteroatoms. The highest BCUT2D eigenvalue weighted by Crippen LogP contribution is 2.29. The number of hydrogen-bond donors (Lipinski definition) is 1. The van der Waals surface area contributed by atoms with Crippen molar-refractivity contribution >= 4 is 5.78 Å². The van der Waals surface area contributed by atoms with Crippen molar-refractivity contribution in [3.63, 3.8) is 0 Å². The van der Waals surface area contributed by atoms with Crippen molar-refractivity contribution in [3.05, 3.63) is 35.6 Å². The fourth-order valence-electron chi connectivity index (χ4n) is 3.81. The number of piperidine rings is 1. The highest BCUT2D eigenvalue weighted by molar-refractivity contribution is 5.98. The average Bonchev–Trinajstić information content (AvgIpc) is 2.94. The number of benzene rings is 1. The number of nitrogens with zero attached hydrogens (tertiary/aromatic N) is 1. The number of rotatable bonds is 4. The second kappa shape index (κ2) is 6.47. The van der Waals surface area contributed by atoms with Crippen LogP contribution < -0.4 is 5.32 Å². The van der Waals surface area contributed by atoms with Gasteiger partial charge in [0.1, 0.15) is 5.82 Å². The van der Waals surface area contributed by atoms with Gasteiger partial charge in [0.05, 0.1) is 0 Å². The maximum atomic E-state index is 13.0. The summed E-state index contributed by atoms with van der Waals surface area (Å²) in [4.78, 5) is 15.1. The van der Waals surface area contributed by atoms with Crippen molar-refractivity contribution in [3.8, 4) is 0 Å². The van der Waals surface area contributed by atoms with E-state index in [0.29, 0.717) is 11.0 Å². The molecule has 2 aliphatic heterocycles. The van der Waals surface area contributed by atoms with E-state index in [9.17, 15) is 9.18 Å². The Kier molecular flexibility index (Phi) is 4.59. The van der Waals surface area contributed by atoms with E-state index < -0.39 is 0 Å². The van der Waals surface area contributed by atoms with Crippen molar-refractivity contribution in [1.82, 2.24) is 10.2 Å². The lowest BCUT2D eigenvalue weighted by atomic mass is 9.85. The maximum Gasteiger partial charge on any atom is 0.167 e. The third-order valence-corrected chi connectivity index (χ3v) is 5.07. The van der Waals surface area contributed by atoms with Crippen LogP contribution in [0.15, 0.2) is 24.3 Å². The van der Waals surface area contributed by atoms with Crippen LogP contribution in [0.4, 0.5) is 4.39 Å². The minimum atomic E-state index is -0.288. The number of hydrogen-bond acceptors (Lipinski definition) is 3. The smallest absolute Gasteiger partial charge is 0.167 e. The van der Waals surface area contributed by atoms with Gasteiger partial charge in [-0.05, 0) is 62.0 Å². The van der Waals surface area contributed by atoms with Gasteiger partial charge in [0.25, 0.3) is 0 Å². The standard InChI is InChI=1S/C18H25FN2O/c1-18(8-9-20-12-18)13-21-10-2-3-15(11-21)17(22)14-4-6-16(19)7-5-14/h4-7,15,20H,2-3,8-13H2,1H3. The minimum absolute atomic E-state index is 0.0529. The highest BCUT2D eigenvalue weighted by Gasteiger charge is 2.34. The van der Waals surface area contributed by atoms with Crippen LogP contribution in [0.5, 0.6) is 0 Å². The molecule has 0 amide bonds. The van der Waals surface area contributed by atoms with Crippen LogP contribution >= 0.6 is 0 Å². The van der Waals surface area contributed by atoms with Gasteiger partial charge in [-0.15, -0.1) is 0 Å². The van der Waals surface area contributed by atoms with Crippen molar-refractivity contribution in [1.29, 1.82) is 0 Å². The highest BCUT2D eigenvalue weighted by atomic mass is 19.1. The minimum Gasteiger partial charge on any atom is -0.316 e. The number of Topliss-reactive ketones (excluding diaryl/α,β-unsaturated/α-hetero) is 1. The van der Waals surface area contributed by atoms with Gasteiger partial charge in [0.2, 0.25) is 0 Å². The lowest BCUT2D eigenvalue weighted by Crippen LogP contribution is -2.44. The van der Waals surface area contributed by atoms with Gasteiger partial charge in [-0.2, -0.15) is 0 Å². The van der Waals surface area contributed by atoms with E-state index in [1.165, 1.54) is 18.6 Å². The summed E-state index contributed by atoms with van der Waals surface area (Å²) in [5.41, 5.74) is 0.975. The molecule has 3 rings (SSSR count). The molecule has 0 bridgehead atoms. The van der Waals surface area contributed by atoms with Crippen molar-refractivity contribution < 1.29 is 9.18 Å². The van der Waals surface area contributed by atoms with Gasteiger partial charge in [-0.3, -0.25) is 4.79 Å². The van der Waals surface area contributed by atoms with E-state index >= 15 is 0 Å². The van der Waals surface area contributed by atoms with E-state index in [2.05, 4.69) is 17.1 Å². The topological polar surface area (TPSA) is 32.3 Å². The van der Waals surface area contributed by atoms with Gasteiger partial charge >= 0.3 is 0 Å². The molecule has 120 valence electrons. The molecule has 2 unspecified atom stereocenters. The van der Waals surface area contributed by atoms with Gasteiger partial charge in [0, 0.05) is 31.1 Å². The van der Waals surface area contributed by atoms with Gasteiger partial charge < -0.3 is 10.2 Å². The van der Waals surface area contributed by atoms with Crippen LogP contribution in [0.3, 0.4) is 0 Å². The van der Waals surface area contributed by atoms with E-state index in [-0.39, 0.29) is 17.5 Å². The number of halogens is 1. The van der Waals surface area contributed by atoms with Crippen molar-refractivity contribution in [2.24, 2.45) is 11.3 Å². The molecule has 0 radical (unpaired) electrons. The molecule has 0 aromatic heterocycles. The van der Waals surface area contributed by atoms with E-state index in [4.69, 9.17) is 0 Å². The van der Waals surface area contributed by atoms with Crippen LogP contribution in [0.1, 0.15) is 36.5 Å². The number of likely N-dealkylation sites (tertiary alicyclic amines) is 1. The molecule has 3 nitrogen and oxygen atoms in total. The first-order chi connectivity index (χ1) is 10.6. The molecule has 0 saturated carbocycles. The fourth-order valence-corrected chi connectivity index (χ4v) is 3.81. The lowest BCUT2D eigenvalue weighted by molar-refractivity contribution is 0.0759. The third-order valence-electron chi connectivity index (χ3n) is 5.07. The molecule has 2 atom stereocenters. The van der Waals surface area contributed by atoms with Crippen LogP contribution in [-0.2, 0) is 0 Å². The third kappa shape index (κ3) is 3.55. The fraction of sp³-hybridized carbons (Fsp3) is 0.611. The molecule has 0 spiro atoms. The molecule has 1 N–H and O–H groups in total. The summed E-state index contributed by atoms with van der Waals surface area (Å²) in [6.45, 7) is 7.49. The molecular weight excluding hydrogens is 279 g/mol. The van der Waals surface area contributed by atoms with Crippen LogP contribution in [0, 0.1) is 17.2 Å². The molecular formula is C18H25FN2O. The molecule has 22 heavy (non-hydrogen) atoms. The summed E-state index contributed by atoms with van der Waals surface area (Å²) in [5, 5.41) is 3.44. The Balaban J connectivity index is 1.62. The first-order valence-electron chi connectivity index (χ1n) is 8.29. The zero-order valence-corrected chi connectivity index (χ0v) is 13.3. The molecule has 2 saturated heterocycles. The summed E-state index contributed by atoms with van der Waals surface area (Å²) in [5.74, 6) is -0.0694. The predicted octanol–water partition coefficient (Wildman–Crippen LogP) is 2.72. The van der Waals surface area contributed by atoms with Crippen LogP contribution in [-0.4, -0.2) is 43.4 Å². The van der Waals surface area contributed by atoms with E-state index in [0.717, 1.165) is 45.6 Å². The zero-order valence-electron chi connectivity index (χ0n) is 13.3. The Labute approximate surface area is 131 Å². The SMILES string of the molecule is CC1(CN2CCCC(C(=O)c3ccc(F)cc3)C2)CCNC1. The molecule has 2 aliphatic rings. The van der Waals surface area contributed by atoms with E-state index in [1.807, 2.05) is 0 Å². The number of nitrogens with one attached hydrogen (secondary N) is 1. The Morgan fingerprint density at radius 3 is 2.86 bits per heavy atom. The first kappa shape index (κ1) is 15.6. The number of ketones is 1. The Morgan fingerprint density at radius 1 is 1.41 bits per heavy atom. The van der Waals surface area contributed by atoms with Crippen molar-refractivity contribution in [2.75, 3.05) is 32.7 Å². The molecule has 2 heterocycles. The van der Waals surface area contributed by atoms with Crippen molar-refractivity contribution in [2.45, 2.75) is 26.2 Å². The Bertz CT molecular complexity index is 522. The van der Waals surface area contributed by atoms with Crippen LogP contribution in [0.25, 0.3) is 0 Å². The van der Waals surface area contributed by atoms with E-state index in [1.54, 1.807) is 12.1 Å². The number of carbonyl (C=O) groups is 1. The average molecular weight is 304 g/mol. The Morgan fingerprint density at radius 2 is 2.18 bits per heavy atom. The normalized spacial score (nSPS) is 29.6. The first-order valence-corrected chi connectivity index (χ1v) is 8.29. The molecule has 2 fully saturated rings. The van der Waals surface area contributed by atoms with Gasteiger partial charge in [-0.1, -0.05) is 6.92 Å². The summed E-state index contributed by atoms with van der Waals surface area (Å²) < 4.78 is 13.0. The lowest BCUT2D eigenvalue weighted by Gasteiger charge is -2.37. The van der Waals surface area contributed by atoms with Gasteiger partial charge in [0.15, 0.2) is 5.78 Å². The monoisotopic (exact) mass is 304 g/mol. The molecule has 1 aromatic rings. The molecule has 1 aromatic carbocycles. The second-order valence-corrected chi connectivity index (χ2v) is 7.18. The quantitative estimate of drug-likeness (QED) is 0.868. The second-order valence-electron chi connectivity index (χ2n) is 7.18. The largest absolute Gasteiger partial charge is 0.316 e. The molecule has 0 aliphatic carbocycles. The van der Waals surface area contributed by atoms with Crippen LogP contribution in [0.2, 0.25) is 0 Å². The predicted molar refractivity (Wildman–Crippen MR) is 85.5 cm³/mol. The zero-order chi connectivity index (χ0) is 15.6. The Hall–Kier alpha value is -1.26. The van der Waals surface area contributed by atoms with Gasteiger partial charge in [-0.25, -0.2) is 4.39 Å².